The van der Waals surface area contributed by atoms with Crippen LogP contribution in [0.25, 0.3) is 33.2 Å². The zero-order valence-electron chi connectivity index (χ0n) is 28.8. The second-order valence-electron chi connectivity index (χ2n) is 9.66. The highest BCUT2D eigenvalue weighted by Crippen LogP contribution is 2.39. The van der Waals surface area contributed by atoms with Crippen LogP contribution in [-0.2, 0) is 6.37 Å². The van der Waals surface area contributed by atoms with E-state index in [-0.39, 0.29) is 28.0 Å². The number of furan rings is 1. The Morgan fingerprint density at radius 2 is 1.76 bits per heavy atom. The Balaban J connectivity index is 1.80. The van der Waals surface area contributed by atoms with E-state index < -0.39 is 31.4 Å². The van der Waals surface area contributed by atoms with Gasteiger partial charge in [-0.3, -0.25) is 4.98 Å². The molecule has 3 aromatic carbocycles. The van der Waals surface area contributed by atoms with Gasteiger partial charge in [0.1, 0.15) is 11.2 Å². The van der Waals surface area contributed by atoms with E-state index in [1.54, 1.807) is 52.0 Å². The third kappa shape index (κ3) is 4.14. The number of aromatic nitrogens is 1. The van der Waals surface area contributed by atoms with Gasteiger partial charge in [0, 0.05) is 40.8 Å². The summed E-state index contributed by atoms with van der Waals surface area (Å²) in [7, 11) is 0. The third-order valence-corrected chi connectivity index (χ3v) is 5.95. The maximum Gasteiger partial charge on any atom is 0.145 e. The Kier molecular flexibility index (Phi) is 3.50. The first-order chi connectivity index (χ1) is 19.7. The summed E-state index contributed by atoms with van der Waals surface area (Å²) in [6, 6.07) is 19.2. The van der Waals surface area contributed by atoms with E-state index in [4.69, 9.17) is 16.8 Å². The first kappa shape index (κ1) is 14.1. The minimum Gasteiger partial charge on any atom is -0.455 e. The summed E-state index contributed by atoms with van der Waals surface area (Å²) >= 11 is 0. The number of rotatable bonds is 4. The largest absolute Gasteiger partial charge is 0.455 e. The molecule has 0 amide bonds. The van der Waals surface area contributed by atoms with Crippen LogP contribution in [0.4, 0.5) is 0 Å². The van der Waals surface area contributed by atoms with Gasteiger partial charge in [-0.15, -0.1) is 0 Å². The van der Waals surface area contributed by atoms with Crippen molar-refractivity contribution in [3.8, 4) is 11.3 Å². The van der Waals surface area contributed by atoms with Crippen molar-refractivity contribution >= 4 is 21.9 Å². The zero-order valence-corrected chi connectivity index (χ0v) is 19.8. The van der Waals surface area contributed by atoms with Crippen LogP contribution in [0.2, 0.25) is 0 Å². The van der Waals surface area contributed by atoms with Gasteiger partial charge < -0.3 is 4.42 Å². The molecule has 1 atom stereocenters. The van der Waals surface area contributed by atoms with Gasteiger partial charge in [-0.25, -0.2) is 0 Å². The minimum absolute atomic E-state index is 0.00993. The second kappa shape index (κ2) is 8.43. The second-order valence-corrected chi connectivity index (χ2v) is 9.66. The van der Waals surface area contributed by atoms with Crippen molar-refractivity contribution in [2.24, 2.45) is 5.41 Å². The Morgan fingerprint density at radius 1 is 0.971 bits per heavy atom. The molecule has 2 nitrogen and oxygen atoms in total. The maximum atomic E-state index is 9.12. The molecule has 0 N–H and O–H groups in total. The van der Waals surface area contributed by atoms with Crippen molar-refractivity contribution in [3.63, 3.8) is 0 Å². The van der Waals surface area contributed by atoms with Gasteiger partial charge in [0.15, 0.2) is 0 Å². The number of pyridine rings is 1. The topological polar surface area (TPSA) is 26.0 Å². The van der Waals surface area contributed by atoms with Crippen LogP contribution in [0.5, 0.6) is 0 Å². The van der Waals surface area contributed by atoms with Crippen molar-refractivity contribution in [1.82, 2.24) is 4.98 Å². The van der Waals surface area contributed by atoms with E-state index in [1.165, 1.54) is 18.3 Å². The molecule has 0 aliphatic heterocycles. The van der Waals surface area contributed by atoms with E-state index in [0.29, 0.717) is 27.5 Å². The molecular formula is C32H33NO. The number of benzene rings is 3. The maximum absolute atomic E-state index is 9.12. The van der Waals surface area contributed by atoms with Crippen LogP contribution in [-0.4, -0.2) is 4.98 Å². The predicted molar refractivity (Wildman–Crippen MR) is 144 cm³/mol. The molecule has 2 heterocycles. The summed E-state index contributed by atoms with van der Waals surface area (Å²) in [4.78, 5) is 4.42. The van der Waals surface area contributed by atoms with Crippen molar-refractivity contribution in [2.75, 3.05) is 0 Å². The smallest absolute Gasteiger partial charge is 0.145 e. The third-order valence-electron chi connectivity index (χ3n) is 5.95. The molecule has 0 aliphatic carbocycles. The van der Waals surface area contributed by atoms with Gasteiger partial charge in [0.25, 0.3) is 0 Å². The summed E-state index contributed by atoms with van der Waals surface area (Å²) in [6.07, 6.45) is -0.859. The van der Waals surface area contributed by atoms with Crippen LogP contribution < -0.4 is 0 Å². The SMILES string of the molecule is [2H]C([2H])([2H])c1cnc(-c2ccc(C([2H])([2H])[2H])c3c2oc2cc(C([2H])(C)c4ccccc4)ccc23)cc1C([2H])([2H])C(C)(C)C. The molecule has 172 valence electrons. The molecule has 0 saturated carbocycles. The lowest BCUT2D eigenvalue weighted by Crippen LogP contribution is -2.10. The fourth-order valence-electron chi connectivity index (χ4n) is 4.28. The number of nitrogens with zero attached hydrogens (tertiary/aromatic N) is 1. The molecule has 2 aromatic heterocycles. The van der Waals surface area contributed by atoms with E-state index in [1.807, 2.05) is 30.3 Å². The zero-order chi connectivity index (χ0) is 31.8. The minimum atomic E-state index is -2.60. The highest BCUT2D eigenvalue weighted by Gasteiger charge is 2.19. The average molecular weight is 457 g/mol. The van der Waals surface area contributed by atoms with Gasteiger partial charge in [-0.2, -0.15) is 0 Å². The first-order valence-electron chi connectivity index (χ1n) is 15.8. The van der Waals surface area contributed by atoms with Crippen molar-refractivity contribution < 1.29 is 16.8 Å². The van der Waals surface area contributed by atoms with Crippen LogP contribution in [0.3, 0.4) is 0 Å². The Labute approximate surface area is 215 Å². The monoisotopic (exact) mass is 456 g/mol. The lowest BCUT2D eigenvalue weighted by Gasteiger charge is -2.20. The Hall–Kier alpha value is -3.39. The van der Waals surface area contributed by atoms with Crippen LogP contribution >= 0.6 is 0 Å². The summed E-state index contributed by atoms with van der Waals surface area (Å²) in [5.41, 5.74) is 1.68. The molecule has 0 spiro atoms. The highest BCUT2D eigenvalue weighted by molar-refractivity contribution is 6.11. The van der Waals surface area contributed by atoms with E-state index >= 15 is 0 Å². The van der Waals surface area contributed by atoms with Gasteiger partial charge in [-0.1, -0.05) is 76.2 Å². The number of aryl methyl sites for hydroxylation is 2. The quantitative estimate of drug-likeness (QED) is 0.270. The molecule has 5 rings (SSSR count). The average Bonchev–Trinajstić information content (AvgIpc) is 3.30. The fourth-order valence-corrected chi connectivity index (χ4v) is 4.28. The Bertz CT molecular complexity index is 1830. The molecule has 0 radical (unpaired) electrons. The van der Waals surface area contributed by atoms with Crippen LogP contribution in [0, 0.1) is 19.1 Å². The van der Waals surface area contributed by atoms with Gasteiger partial charge in [0.05, 0.1) is 5.69 Å². The normalized spacial score (nSPS) is 19.0. The predicted octanol–water partition coefficient (Wildman–Crippen LogP) is 9.01. The number of hydrogen-bond donors (Lipinski definition) is 0. The van der Waals surface area contributed by atoms with Crippen molar-refractivity contribution in [2.45, 2.75) is 53.7 Å². The lowest BCUT2D eigenvalue weighted by molar-refractivity contribution is 0.410. The first-order valence-corrected chi connectivity index (χ1v) is 11.3. The molecule has 34 heavy (non-hydrogen) atoms. The Morgan fingerprint density at radius 3 is 2.50 bits per heavy atom. The number of hydrogen-bond acceptors (Lipinski definition) is 2. The summed E-state index contributed by atoms with van der Waals surface area (Å²) < 4.78 is 82.0. The molecule has 5 aromatic rings. The van der Waals surface area contributed by atoms with E-state index in [9.17, 15) is 0 Å². The van der Waals surface area contributed by atoms with Crippen molar-refractivity contribution in [1.29, 1.82) is 0 Å². The van der Waals surface area contributed by atoms with Crippen LogP contribution in [0.1, 0.15) is 73.7 Å². The molecule has 0 bridgehead atoms. The molecule has 0 saturated heterocycles. The molecular weight excluding hydrogens is 414 g/mol. The van der Waals surface area contributed by atoms with Crippen molar-refractivity contribution in [3.05, 3.63) is 101 Å². The summed E-state index contributed by atoms with van der Waals surface area (Å²) in [5.74, 6) is -1.11. The molecule has 2 heteroatoms. The van der Waals surface area contributed by atoms with Crippen LogP contribution in [0.15, 0.2) is 77.3 Å². The van der Waals surface area contributed by atoms with Gasteiger partial charge in [-0.05, 0) is 71.5 Å². The lowest BCUT2D eigenvalue weighted by atomic mass is 9.86. The summed E-state index contributed by atoms with van der Waals surface area (Å²) in [5, 5.41) is 0.924. The van der Waals surface area contributed by atoms with Gasteiger partial charge in [0.2, 0.25) is 0 Å². The fraction of sp³-hybridized carbons (Fsp3) is 0.281. The molecule has 0 fully saturated rings. The highest BCUT2D eigenvalue weighted by atomic mass is 16.3. The standard InChI is InChI=1S/C32H33NO/c1-20-12-14-26(28-16-25(18-32(4,5)6)21(2)19-33-28)31-30(20)27-15-13-24(17-29(27)34-31)22(3)23-10-8-7-9-11-23/h7-17,19,22H,18H2,1-6H3/i1D3,2D3,18D2,22D. The van der Waals surface area contributed by atoms with Gasteiger partial charge >= 0.3 is 0 Å². The molecule has 1 unspecified atom stereocenters. The summed E-state index contributed by atoms with van der Waals surface area (Å²) in [6.45, 7) is 1.82. The van der Waals surface area contributed by atoms with E-state index in [2.05, 4.69) is 4.98 Å². The van der Waals surface area contributed by atoms with E-state index in [0.717, 1.165) is 5.56 Å². The molecule has 0 aliphatic rings. The number of fused-ring (bicyclic) bond motifs is 3.